The number of para-hydroxylation sites is 2. The maximum absolute atomic E-state index is 12.2. The summed E-state index contributed by atoms with van der Waals surface area (Å²) >= 11 is 2.71. The number of thioether (sulfide) groups is 1. The van der Waals surface area contributed by atoms with Gasteiger partial charge in [0.2, 0.25) is 5.91 Å². The van der Waals surface area contributed by atoms with Crippen LogP contribution in [0.5, 0.6) is 0 Å². The van der Waals surface area contributed by atoms with Gasteiger partial charge in [0.25, 0.3) is 0 Å². The van der Waals surface area contributed by atoms with Crippen molar-refractivity contribution in [3.05, 3.63) is 40.8 Å². The average Bonchev–Trinajstić information content (AvgIpc) is 3.22. The summed E-state index contributed by atoms with van der Waals surface area (Å²) in [6.45, 7) is 2.00. The lowest BCUT2D eigenvalue weighted by Gasteiger charge is -2.04. The van der Waals surface area contributed by atoms with Gasteiger partial charge >= 0.3 is 5.97 Å². The van der Waals surface area contributed by atoms with Crippen LogP contribution in [0.15, 0.2) is 35.5 Å². The summed E-state index contributed by atoms with van der Waals surface area (Å²) in [5, 5.41) is 4.01. The second kappa shape index (κ2) is 7.71. The number of imidazole rings is 1. The van der Waals surface area contributed by atoms with Gasteiger partial charge in [-0.25, -0.2) is 9.78 Å². The van der Waals surface area contributed by atoms with Gasteiger partial charge < -0.3 is 15.0 Å². The number of aromatic nitrogens is 2. The summed E-state index contributed by atoms with van der Waals surface area (Å²) in [6.07, 6.45) is 0.790. The highest BCUT2D eigenvalue weighted by Crippen LogP contribution is 2.29. The van der Waals surface area contributed by atoms with Crippen molar-refractivity contribution in [3.8, 4) is 0 Å². The molecule has 0 bridgehead atoms. The molecule has 25 heavy (non-hydrogen) atoms. The number of hydrogen-bond donors (Lipinski definition) is 2. The molecule has 6 nitrogen and oxygen atoms in total. The molecule has 3 rings (SSSR count). The molecular weight excluding hydrogens is 358 g/mol. The van der Waals surface area contributed by atoms with Crippen LogP contribution in [-0.2, 0) is 16.0 Å². The van der Waals surface area contributed by atoms with E-state index in [0.717, 1.165) is 22.3 Å². The number of aromatic amines is 1. The number of H-pyrrole nitrogens is 1. The maximum Gasteiger partial charge on any atom is 0.340 e. The maximum atomic E-state index is 12.2. The molecule has 0 aliphatic heterocycles. The summed E-state index contributed by atoms with van der Waals surface area (Å²) in [5.74, 6) is -0.448. The number of ether oxygens (including phenoxy) is 1. The van der Waals surface area contributed by atoms with Gasteiger partial charge in [-0.1, -0.05) is 30.8 Å². The average molecular weight is 375 g/mol. The summed E-state index contributed by atoms with van der Waals surface area (Å²) in [5.41, 5.74) is 2.19. The number of fused-ring (bicyclic) bond motifs is 1. The second-order valence-electron chi connectivity index (χ2n) is 5.20. The van der Waals surface area contributed by atoms with Crippen LogP contribution in [0.3, 0.4) is 0 Å². The molecule has 0 spiro atoms. The molecule has 0 aliphatic carbocycles. The smallest absolute Gasteiger partial charge is 0.340 e. The number of nitrogens with one attached hydrogen (secondary N) is 2. The summed E-state index contributed by atoms with van der Waals surface area (Å²) < 4.78 is 4.78. The Morgan fingerprint density at radius 3 is 2.88 bits per heavy atom. The van der Waals surface area contributed by atoms with Gasteiger partial charge in [-0.3, -0.25) is 4.79 Å². The van der Waals surface area contributed by atoms with Crippen LogP contribution in [0.2, 0.25) is 0 Å². The van der Waals surface area contributed by atoms with Gasteiger partial charge in [-0.05, 0) is 24.6 Å². The molecular formula is C17H17N3O3S2. The molecule has 2 aromatic heterocycles. The predicted molar refractivity (Wildman–Crippen MR) is 100 cm³/mol. The fourth-order valence-corrected chi connectivity index (χ4v) is 3.95. The van der Waals surface area contributed by atoms with Crippen molar-refractivity contribution in [2.75, 3.05) is 18.2 Å². The molecule has 8 heteroatoms. The number of anilines is 1. The number of thiophene rings is 1. The SMILES string of the molecule is CCc1cc(C(=O)OC)c(NC(=O)CSc2nc3ccccc3[nH]2)s1. The molecule has 0 aliphatic rings. The molecule has 2 heterocycles. The second-order valence-corrected chi connectivity index (χ2v) is 7.30. The molecule has 0 radical (unpaired) electrons. The minimum atomic E-state index is -0.448. The third kappa shape index (κ3) is 4.02. The van der Waals surface area contributed by atoms with Gasteiger partial charge in [-0.2, -0.15) is 0 Å². The van der Waals surface area contributed by atoms with Gasteiger partial charge in [0.05, 0.1) is 29.5 Å². The Hall–Kier alpha value is -2.32. The molecule has 0 saturated carbocycles. The largest absolute Gasteiger partial charge is 0.465 e. The number of nitrogens with zero attached hydrogens (tertiary/aromatic N) is 1. The van der Waals surface area contributed by atoms with Crippen LogP contribution in [0, 0.1) is 0 Å². The Balaban J connectivity index is 1.66. The first kappa shape index (κ1) is 17.5. The quantitative estimate of drug-likeness (QED) is 0.507. The highest BCUT2D eigenvalue weighted by molar-refractivity contribution is 7.99. The van der Waals surface area contributed by atoms with Gasteiger partial charge in [-0.15, -0.1) is 11.3 Å². The van der Waals surface area contributed by atoms with Crippen molar-refractivity contribution < 1.29 is 14.3 Å². The third-order valence-corrected chi connectivity index (χ3v) is 5.57. The number of carbonyl (C=O) groups is 2. The molecule has 0 fully saturated rings. The number of benzene rings is 1. The Morgan fingerprint density at radius 1 is 1.36 bits per heavy atom. The Labute approximate surface area is 153 Å². The third-order valence-electron chi connectivity index (χ3n) is 3.50. The summed E-state index contributed by atoms with van der Waals surface area (Å²) in [6, 6.07) is 9.46. The molecule has 0 unspecified atom stereocenters. The number of carbonyl (C=O) groups excluding carboxylic acids is 2. The van der Waals surface area contributed by atoms with Gasteiger partial charge in [0.1, 0.15) is 5.00 Å². The monoisotopic (exact) mass is 375 g/mol. The summed E-state index contributed by atoms with van der Waals surface area (Å²) in [4.78, 5) is 32.7. The number of aryl methyl sites for hydroxylation is 1. The fraction of sp³-hybridized carbons (Fsp3) is 0.235. The first-order valence-corrected chi connectivity index (χ1v) is 9.49. The number of rotatable bonds is 6. The number of amides is 1. The lowest BCUT2D eigenvalue weighted by atomic mass is 10.2. The topological polar surface area (TPSA) is 84.1 Å². The van der Waals surface area contributed by atoms with Gasteiger partial charge in [0.15, 0.2) is 5.16 Å². The zero-order valence-electron chi connectivity index (χ0n) is 13.8. The van der Waals surface area contributed by atoms with Crippen LogP contribution in [0.1, 0.15) is 22.2 Å². The van der Waals surface area contributed by atoms with Crippen LogP contribution in [0.25, 0.3) is 11.0 Å². The van der Waals surface area contributed by atoms with Crippen LogP contribution in [-0.4, -0.2) is 34.7 Å². The fourth-order valence-electron chi connectivity index (χ4n) is 2.27. The standard InChI is InChI=1S/C17H17N3O3S2/c1-3-10-8-11(16(22)23-2)15(25-10)20-14(21)9-24-17-18-12-6-4-5-7-13(12)19-17/h4-8H,3,9H2,1-2H3,(H,18,19)(H,20,21). The van der Waals surface area contributed by atoms with E-state index < -0.39 is 5.97 Å². The van der Waals surface area contributed by atoms with E-state index in [9.17, 15) is 9.59 Å². The highest BCUT2D eigenvalue weighted by atomic mass is 32.2. The minimum absolute atomic E-state index is 0.194. The number of esters is 1. The lowest BCUT2D eigenvalue weighted by molar-refractivity contribution is -0.113. The molecule has 2 N–H and O–H groups in total. The molecule has 1 amide bonds. The van der Waals surface area contributed by atoms with Crippen molar-refractivity contribution in [1.82, 2.24) is 9.97 Å². The normalized spacial score (nSPS) is 10.8. The molecule has 130 valence electrons. The zero-order chi connectivity index (χ0) is 17.8. The molecule has 1 aromatic carbocycles. The van der Waals surface area contributed by atoms with E-state index in [1.165, 1.54) is 30.2 Å². The van der Waals surface area contributed by atoms with Crippen molar-refractivity contribution >= 4 is 51.0 Å². The van der Waals surface area contributed by atoms with Crippen molar-refractivity contribution in [3.63, 3.8) is 0 Å². The van der Waals surface area contributed by atoms with E-state index in [1.54, 1.807) is 6.07 Å². The molecule has 0 saturated heterocycles. The number of methoxy groups -OCH3 is 1. The predicted octanol–water partition coefficient (Wildman–Crippen LogP) is 3.70. The Kier molecular flexibility index (Phi) is 5.40. The van der Waals surface area contributed by atoms with Gasteiger partial charge in [0, 0.05) is 4.88 Å². The highest BCUT2D eigenvalue weighted by Gasteiger charge is 2.18. The van der Waals surface area contributed by atoms with E-state index in [0.29, 0.717) is 15.7 Å². The minimum Gasteiger partial charge on any atom is -0.465 e. The van der Waals surface area contributed by atoms with Crippen molar-refractivity contribution in [2.24, 2.45) is 0 Å². The number of hydrogen-bond acceptors (Lipinski definition) is 6. The van der Waals surface area contributed by atoms with E-state index in [-0.39, 0.29) is 11.7 Å². The van der Waals surface area contributed by atoms with E-state index >= 15 is 0 Å². The Bertz CT molecular complexity index is 884. The van der Waals surface area contributed by atoms with Crippen LogP contribution >= 0.6 is 23.1 Å². The van der Waals surface area contributed by atoms with E-state index in [4.69, 9.17) is 4.74 Å². The van der Waals surface area contributed by atoms with Crippen molar-refractivity contribution in [1.29, 1.82) is 0 Å². The van der Waals surface area contributed by atoms with Crippen molar-refractivity contribution in [2.45, 2.75) is 18.5 Å². The first-order chi connectivity index (χ1) is 12.1. The van der Waals surface area contributed by atoms with Crippen LogP contribution in [0.4, 0.5) is 5.00 Å². The molecule has 0 atom stereocenters. The molecule has 3 aromatic rings. The Morgan fingerprint density at radius 2 is 2.16 bits per heavy atom. The van der Waals surface area contributed by atoms with E-state index in [2.05, 4.69) is 15.3 Å². The zero-order valence-corrected chi connectivity index (χ0v) is 15.4. The first-order valence-electron chi connectivity index (χ1n) is 7.69. The summed E-state index contributed by atoms with van der Waals surface area (Å²) in [7, 11) is 1.33. The van der Waals surface area contributed by atoms with E-state index in [1.807, 2.05) is 31.2 Å². The lowest BCUT2D eigenvalue weighted by Crippen LogP contribution is -2.15. The van der Waals surface area contributed by atoms with Crippen LogP contribution < -0.4 is 5.32 Å².